The summed E-state index contributed by atoms with van der Waals surface area (Å²) in [5.41, 5.74) is 1.04. The molecule has 1 fully saturated rings. The van der Waals surface area contributed by atoms with Gasteiger partial charge in [-0.2, -0.15) is 0 Å². The van der Waals surface area contributed by atoms with Crippen molar-refractivity contribution in [1.82, 2.24) is 19.5 Å². The molecule has 96 valence electrons. The van der Waals surface area contributed by atoms with Gasteiger partial charge >= 0.3 is 0 Å². The third-order valence-electron chi connectivity index (χ3n) is 3.01. The van der Waals surface area contributed by atoms with Crippen LogP contribution in [0.2, 0.25) is 5.15 Å². The molecular weight excluding hydrogens is 260 g/mol. The third-order valence-corrected chi connectivity index (χ3v) is 3.29. The first-order valence-corrected chi connectivity index (χ1v) is 5.86. The normalized spacial score (nSPS) is 28.1. The molecular formula is C10H11ClN4O3. The van der Waals surface area contributed by atoms with Crippen LogP contribution in [0.4, 0.5) is 0 Å². The fraction of sp³-hybridized carbons (Fsp3) is 0.500. The highest BCUT2D eigenvalue weighted by Gasteiger charge is 2.35. The Kier molecular flexibility index (Phi) is 2.90. The molecule has 3 heterocycles. The predicted molar refractivity (Wildman–Crippen MR) is 62.0 cm³/mol. The zero-order valence-corrected chi connectivity index (χ0v) is 10.0. The van der Waals surface area contributed by atoms with Crippen LogP contribution in [0.1, 0.15) is 12.6 Å². The Labute approximate surface area is 107 Å². The van der Waals surface area contributed by atoms with Crippen molar-refractivity contribution in [2.45, 2.75) is 24.9 Å². The molecule has 1 aliphatic rings. The van der Waals surface area contributed by atoms with E-state index in [0.29, 0.717) is 17.6 Å². The second kappa shape index (κ2) is 4.43. The van der Waals surface area contributed by atoms with Gasteiger partial charge in [-0.3, -0.25) is 4.57 Å². The highest BCUT2D eigenvalue weighted by atomic mass is 35.5. The largest absolute Gasteiger partial charge is 0.394 e. The fourth-order valence-corrected chi connectivity index (χ4v) is 2.26. The number of aromatic nitrogens is 4. The lowest BCUT2D eigenvalue weighted by atomic mass is 10.2. The Hall–Kier alpha value is -1.28. The van der Waals surface area contributed by atoms with Crippen LogP contribution in [-0.2, 0) is 4.74 Å². The van der Waals surface area contributed by atoms with Crippen LogP contribution < -0.4 is 0 Å². The number of hydrogen-bond acceptors (Lipinski definition) is 6. The predicted octanol–water partition coefficient (Wildman–Crippen LogP) is 0.120. The van der Waals surface area contributed by atoms with E-state index in [1.165, 1.54) is 6.33 Å². The summed E-state index contributed by atoms with van der Waals surface area (Å²) in [5, 5.41) is 19.0. The van der Waals surface area contributed by atoms with Crippen molar-refractivity contribution in [2.75, 3.05) is 6.61 Å². The number of aliphatic hydroxyl groups excluding tert-OH is 2. The van der Waals surface area contributed by atoms with Crippen LogP contribution in [-0.4, -0.2) is 48.5 Å². The van der Waals surface area contributed by atoms with Gasteiger partial charge in [0.2, 0.25) is 0 Å². The molecule has 0 bridgehead atoms. The molecule has 0 radical (unpaired) electrons. The van der Waals surface area contributed by atoms with Crippen molar-refractivity contribution in [3.05, 3.63) is 17.8 Å². The third kappa shape index (κ3) is 1.76. The van der Waals surface area contributed by atoms with Crippen molar-refractivity contribution in [2.24, 2.45) is 0 Å². The molecule has 1 aliphatic heterocycles. The summed E-state index contributed by atoms with van der Waals surface area (Å²) >= 11 is 5.90. The van der Waals surface area contributed by atoms with E-state index in [1.807, 2.05) is 0 Å². The van der Waals surface area contributed by atoms with Gasteiger partial charge in [0.15, 0.2) is 10.8 Å². The minimum atomic E-state index is -0.699. The van der Waals surface area contributed by atoms with Crippen molar-refractivity contribution in [1.29, 1.82) is 0 Å². The first-order chi connectivity index (χ1) is 8.70. The van der Waals surface area contributed by atoms with Crippen LogP contribution in [0, 0.1) is 0 Å². The Morgan fingerprint density at radius 3 is 3.00 bits per heavy atom. The molecule has 0 amide bonds. The first kappa shape index (κ1) is 11.8. The van der Waals surface area contributed by atoms with Gasteiger partial charge in [0.25, 0.3) is 0 Å². The van der Waals surface area contributed by atoms with Gasteiger partial charge in [-0.15, -0.1) is 0 Å². The molecule has 0 aromatic carbocycles. The van der Waals surface area contributed by atoms with Gasteiger partial charge in [-0.05, 0) is 0 Å². The van der Waals surface area contributed by atoms with E-state index in [9.17, 15) is 5.11 Å². The molecule has 18 heavy (non-hydrogen) atoms. The Morgan fingerprint density at radius 1 is 1.44 bits per heavy atom. The average molecular weight is 271 g/mol. The molecule has 2 N–H and O–H groups in total. The van der Waals surface area contributed by atoms with E-state index in [4.69, 9.17) is 21.4 Å². The molecule has 0 saturated carbocycles. The van der Waals surface area contributed by atoms with Crippen LogP contribution >= 0.6 is 11.6 Å². The summed E-state index contributed by atoms with van der Waals surface area (Å²) in [6.45, 7) is -0.222. The summed E-state index contributed by atoms with van der Waals surface area (Å²) in [7, 11) is 0. The van der Waals surface area contributed by atoms with Crippen molar-refractivity contribution < 1.29 is 14.9 Å². The van der Waals surface area contributed by atoms with Gasteiger partial charge in [-0.25, -0.2) is 15.0 Å². The SMILES string of the molecule is OCC1O[C@@H](n2cnc3c(Cl)ncnc32)C[C@H]1O. The molecule has 7 nitrogen and oxygen atoms in total. The van der Waals surface area contributed by atoms with Gasteiger partial charge in [0.05, 0.1) is 19.0 Å². The van der Waals surface area contributed by atoms with Gasteiger partial charge in [0, 0.05) is 6.42 Å². The number of nitrogens with zero attached hydrogens (tertiary/aromatic N) is 4. The number of hydrogen-bond donors (Lipinski definition) is 2. The van der Waals surface area contributed by atoms with E-state index in [1.54, 1.807) is 10.9 Å². The van der Waals surface area contributed by atoms with Gasteiger partial charge < -0.3 is 14.9 Å². The van der Waals surface area contributed by atoms with Crippen LogP contribution in [0.3, 0.4) is 0 Å². The fourth-order valence-electron chi connectivity index (χ4n) is 2.08. The average Bonchev–Trinajstić information content (AvgIpc) is 2.93. The van der Waals surface area contributed by atoms with Gasteiger partial charge in [-0.1, -0.05) is 11.6 Å². The summed E-state index contributed by atoms with van der Waals surface area (Å²) in [4.78, 5) is 12.1. The molecule has 8 heteroatoms. The molecule has 1 saturated heterocycles. The maximum absolute atomic E-state index is 9.71. The number of fused-ring (bicyclic) bond motifs is 1. The lowest BCUT2D eigenvalue weighted by Crippen LogP contribution is -2.24. The lowest BCUT2D eigenvalue weighted by molar-refractivity contribution is -0.0432. The van der Waals surface area contributed by atoms with E-state index >= 15 is 0 Å². The Balaban J connectivity index is 1.99. The number of rotatable bonds is 2. The maximum atomic E-state index is 9.71. The van der Waals surface area contributed by atoms with E-state index in [-0.39, 0.29) is 11.8 Å². The topological polar surface area (TPSA) is 93.3 Å². The van der Waals surface area contributed by atoms with E-state index < -0.39 is 18.4 Å². The monoisotopic (exact) mass is 270 g/mol. The maximum Gasteiger partial charge on any atom is 0.166 e. The number of aliphatic hydroxyl groups is 2. The zero-order chi connectivity index (χ0) is 12.7. The van der Waals surface area contributed by atoms with E-state index in [2.05, 4.69) is 15.0 Å². The summed E-state index contributed by atoms with van der Waals surface area (Å²) < 4.78 is 7.22. The quantitative estimate of drug-likeness (QED) is 0.753. The van der Waals surface area contributed by atoms with Crippen LogP contribution in [0.25, 0.3) is 11.2 Å². The zero-order valence-electron chi connectivity index (χ0n) is 9.27. The standard InChI is InChI=1S/C10H11ClN4O3/c11-9-8-10(13-3-12-9)15(4-14-8)7-1-5(17)6(2-16)18-7/h3-7,16-17H,1-2H2/t5-,6?,7-/m1/s1. The molecule has 3 rings (SSSR count). The summed E-state index contributed by atoms with van der Waals surface area (Å²) in [6, 6.07) is 0. The van der Waals surface area contributed by atoms with Crippen molar-refractivity contribution >= 4 is 22.8 Å². The van der Waals surface area contributed by atoms with Gasteiger partial charge in [0.1, 0.15) is 24.2 Å². The summed E-state index contributed by atoms with van der Waals surface area (Å²) in [5.74, 6) is 0. The van der Waals surface area contributed by atoms with Crippen LogP contribution in [0.15, 0.2) is 12.7 Å². The van der Waals surface area contributed by atoms with Crippen molar-refractivity contribution in [3.8, 4) is 0 Å². The molecule has 0 spiro atoms. The first-order valence-electron chi connectivity index (χ1n) is 5.48. The minimum absolute atomic E-state index is 0.222. The highest BCUT2D eigenvalue weighted by molar-refractivity contribution is 6.33. The van der Waals surface area contributed by atoms with E-state index in [0.717, 1.165) is 0 Å². The molecule has 0 aliphatic carbocycles. The Morgan fingerprint density at radius 2 is 2.28 bits per heavy atom. The molecule has 1 unspecified atom stereocenters. The smallest absolute Gasteiger partial charge is 0.166 e. The second-order valence-corrected chi connectivity index (χ2v) is 4.46. The highest BCUT2D eigenvalue weighted by Crippen LogP contribution is 2.31. The molecule has 3 atom stereocenters. The molecule has 2 aromatic heterocycles. The Bertz CT molecular complexity index is 575. The van der Waals surface area contributed by atoms with Crippen molar-refractivity contribution in [3.63, 3.8) is 0 Å². The second-order valence-electron chi connectivity index (χ2n) is 4.10. The number of halogens is 1. The molecule has 2 aromatic rings. The minimum Gasteiger partial charge on any atom is -0.394 e. The lowest BCUT2D eigenvalue weighted by Gasteiger charge is -2.13. The van der Waals surface area contributed by atoms with Crippen LogP contribution in [0.5, 0.6) is 0 Å². The number of ether oxygens (including phenoxy) is 1. The summed E-state index contributed by atoms with van der Waals surface area (Å²) in [6.07, 6.45) is 1.57. The number of imidazole rings is 1.